The van der Waals surface area contributed by atoms with Gasteiger partial charge in [-0.25, -0.2) is 4.98 Å². The SMILES string of the molecule is Cc1nccn1Cc1ccccc1C(=O)N1CCOCC(Cc2cccc3ccncc23)C1. The van der Waals surface area contributed by atoms with Crippen molar-refractivity contribution in [2.75, 3.05) is 26.3 Å². The summed E-state index contributed by atoms with van der Waals surface area (Å²) in [7, 11) is 0. The first-order valence-electron chi connectivity index (χ1n) is 11.4. The van der Waals surface area contributed by atoms with E-state index in [1.807, 2.05) is 60.7 Å². The number of hydrogen-bond acceptors (Lipinski definition) is 4. The molecule has 6 nitrogen and oxygen atoms in total. The molecule has 1 unspecified atom stereocenters. The zero-order valence-corrected chi connectivity index (χ0v) is 18.9. The number of rotatable bonds is 5. The maximum Gasteiger partial charge on any atom is 0.254 e. The molecule has 3 heterocycles. The molecule has 1 aliphatic rings. The summed E-state index contributed by atoms with van der Waals surface area (Å²) in [5.41, 5.74) is 3.01. The highest BCUT2D eigenvalue weighted by Crippen LogP contribution is 2.23. The predicted octanol–water partition coefficient (Wildman–Crippen LogP) is 4.12. The van der Waals surface area contributed by atoms with Gasteiger partial charge in [0.2, 0.25) is 0 Å². The lowest BCUT2D eigenvalue weighted by Gasteiger charge is -2.25. The van der Waals surface area contributed by atoms with Crippen LogP contribution >= 0.6 is 0 Å². The van der Waals surface area contributed by atoms with Gasteiger partial charge < -0.3 is 14.2 Å². The predicted molar refractivity (Wildman–Crippen MR) is 128 cm³/mol. The Balaban J connectivity index is 1.36. The Hall–Kier alpha value is -3.51. The zero-order chi connectivity index (χ0) is 22.6. The summed E-state index contributed by atoms with van der Waals surface area (Å²) in [6.45, 7) is 5.09. The number of hydrogen-bond donors (Lipinski definition) is 0. The van der Waals surface area contributed by atoms with Crippen molar-refractivity contribution in [2.45, 2.75) is 19.9 Å². The quantitative estimate of drug-likeness (QED) is 0.468. The molecule has 1 fully saturated rings. The average Bonchev–Trinajstić information content (AvgIpc) is 3.10. The third-order valence-electron chi connectivity index (χ3n) is 6.42. The molecule has 1 amide bonds. The van der Waals surface area contributed by atoms with Crippen LogP contribution < -0.4 is 0 Å². The minimum absolute atomic E-state index is 0.0680. The van der Waals surface area contributed by atoms with E-state index in [0.29, 0.717) is 32.8 Å². The monoisotopic (exact) mass is 440 g/mol. The first-order valence-corrected chi connectivity index (χ1v) is 11.4. The topological polar surface area (TPSA) is 60.2 Å². The van der Waals surface area contributed by atoms with E-state index in [1.165, 1.54) is 16.3 Å². The lowest BCUT2D eigenvalue weighted by molar-refractivity contribution is 0.0736. The molecule has 33 heavy (non-hydrogen) atoms. The highest BCUT2D eigenvalue weighted by molar-refractivity contribution is 5.95. The van der Waals surface area contributed by atoms with E-state index >= 15 is 0 Å². The smallest absolute Gasteiger partial charge is 0.254 e. The highest BCUT2D eigenvalue weighted by atomic mass is 16.5. The summed E-state index contributed by atoms with van der Waals surface area (Å²) < 4.78 is 7.98. The summed E-state index contributed by atoms with van der Waals surface area (Å²) in [5.74, 6) is 1.23. The number of nitrogens with zero attached hydrogens (tertiary/aromatic N) is 4. The van der Waals surface area contributed by atoms with Crippen LogP contribution in [-0.2, 0) is 17.7 Å². The number of fused-ring (bicyclic) bond motifs is 1. The van der Waals surface area contributed by atoms with Gasteiger partial charge in [0.25, 0.3) is 5.91 Å². The van der Waals surface area contributed by atoms with Crippen LogP contribution in [0.15, 0.2) is 73.3 Å². The van der Waals surface area contributed by atoms with E-state index in [0.717, 1.165) is 23.4 Å². The molecule has 4 aromatic rings. The standard InChI is InChI=1S/C27H28N4O2/c1-20-29-11-12-30(20)18-24-5-2-3-8-25(24)27(32)31-13-14-33-19-21(17-31)15-23-7-4-6-22-9-10-28-16-26(22)23/h2-12,16,21H,13-15,17-19H2,1H3. The van der Waals surface area contributed by atoms with Crippen LogP contribution in [0.2, 0.25) is 0 Å². The Bertz CT molecular complexity index is 1260. The van der Waals surface area contributed by atoms with Crippen molar-refractivity contribution in [1.82, 2.24) is 19.4 Å². The molecule has 0 aliphatic carbocycles. The first kappa shape index (κ1) is 21.3. The molecular formula is C27H28N4O2. The second-order valence-electron chi connectivity index (χ2n) is 8.67. The molecule has 0 saturated carbocycles. The Labute approximate surface area is 193 Å². The number of carbonyl (C=O) groups excluding carboxylic acids is 1. The molecule has 0 radical (unpaired) electrons. The summed E-state index contributed by atoms with van der Waals surface area (Å²) >= 11 is 0. The van der Waals surface area contributed by atoms with Crippen molar-refractivity contribution in [1.29, 1.82) is 0 Å². The van der Waals surface area contributed by atoms with Crippen molar-refractivity contribution in [2.24, 2.45) is 5.92 Å². The van der Waals surface area contributed by atoms with Crippen molar-refractivity contribution in [3.05, 3.63) is 95.8 Å². The van der Waals surface area contributed by atoms with Gasteiger partial charge >= 0.3 is 0 Å². The van der Waals surface area contributed by atoms with E-state index in [1.54, 1.807) is 6.20 Å². The molecule has 5 rings (SSSR count). The molecule has 1 aliphatic heterocycles. The first-order chi connectivity index (χ1) is 16.2. The normalized spacial score (nSPS) is 16.6. The van der Waals surface area contributed by atoms with Crippen molar-refractivity contribution in [3.8, 4) is 0 Å². The maximum absolute atomic E-state index is 13.6. The van der Waals surface area contributed by atoms with Crippen LogP contribution in [0.1, 0.15) is 27.3 Å². The van der Waals surface area contributed by atoms with Gasteiger partial charge in [0, 0.05) is 61.3 Å². The fraction of sp³-hybridized carbons (Fsp3) is 0.296. The number of carbonyl (C=O) groups is 1. The molecule has 0 spiro atoms. The average molecular weight is 441 g/mol. The van der Waals surface area contributed by atoms with Gasteiger partial charge in [-0.05, 0) is 42.0 Å². The third kappa shape index (κ3) is 4.66. The largest absolute Gasteiger partial charge is 0.379 e. The molecule has 0 N–H and O–H groups in total. The Morgan fingerprint density at radius 1 is 1.09 bits per heavy atom. The number of aryl methyl sites for hydroxylation is 1. The van der Waals surface area contributed by atoms with Gasteiger partial charge in [-0.1, -0.05) is 36.4 Å². The van der Waals surface area contributed by atoms with Crippen LogP contribution in [0.3, 0.4) is 0 Å². The van der Waals surface area contributed by atoms with E-state index in [9.17, 15) is 4.79 Å². The Morgan fingerprint density at radius 2 is 1.97 bits per heavy atom. The van der Waals surface area contributed by atoms with Crippen molar-refractivity contribution >= 4 is 16.7 Å². The Kier molecular flexibility index (Phi) is 6.17. The van der Waals surface area contributed by atoms with E-state index < -0.39 is 0 Å². The van der Waals surface area contributed by atoms with E-state index in [-0.39, 0.29) is 11.8 Å². The highest BCUT2D eigenvalue weighted by Gasteiger charge is 2.25. The van der Waals surface area contributed by atoms with Crippen LogP contribution in [0.25, 0.3) is 10.8 Å². The minimum Gasteiger partial charge on any atom is -0.379 e. The summed E-state index contributed by atoms with van der Waals surface area (Å²) in [6, 6.07) is 16.3. The van der Waals surface area contributed by atoms with Crippen molar-refractivity contribution in [3.63, 3.8) is 0 Å². The van der Waals surface area contributed by atoms with Crippen LogP contribution in [0.4, 0.5) is 0 Å². The van der Waals surface area contributed by atoms with Gasteiger partial charge in [-0.3, -0.25) is 9.78 Å². The van der Waals surface area contributed by atoms with Gasteiger partial charge in [-0.15, -0.1) is 0 Å². The number of amides is 1. The van der Waals surface area contributed by atoms with E-state index in [4.69, 9.17) is 4.74 Å². The summed E-state index contributed by atoms with van der Waals surface area (Å²) in [5, 5.41) is 2.36. The van der Waals surface area contributed by atoms with Crippen LogP contribution in [-0.4, -0.2) is 51.6 Å². The molecule has 0 bridgehead atoms. The maximum atomic E-state index is 13.6. The second kappa shape index (κ2) is 9.55. The fourth-order valence-electron chi connectivity index (χ4n) is 4.65. The third-order valence-corrected chi connectivity index (χ3v) is 6.42. The molecule has 1 saturated heterocycles. The molecule has 2 aromatic carbocycles. The lowest BCUT2D eigenvalue weighted by Crippen LogP contribution is -2.37. The summed E-state index contributed by atoms with van der Waals surface area (Å²) in [6.07, 6.45) is 8.34. The van der Waals surface area contributed by atoms with Gasteiger partial charge in [0.1, 0.15) is 5.82 Å². The number of ether oxygens (including phenoxy) is 1. The molecule has 6 heteroatoms. The van der Waals surface area contributed by atoms with Crippen LogP contribution in [0, 0.1) is 12.8 Å². The van der Waals surface area contributed by atoms with Crippen molar-refractivity contribution < 1.29 is 9.53 Å². The van der Waals surface area contributed by atoms with Gasteiger partial charge in [-0.2, -0.15) is 0 Å². The molecular weight excluding hydrogens is 412 g/mol. The Morgan fingerprint density at radius 3 is 2.85 bits per heavy atom. The fourth-order valence-corrected chi connectivity index (χ4v) is 4.65. The molecule has 168 valence electrons. The zero-order valence-electron chi connectivity index (χ0n) is 18.9. The number of imidazole rings is 1. The number of aromatic nitrogens is 3. The lowest BCUT2D eigenvalue weighted by atomic mass is 9.95. The second-order valence-corrected chi connectivity index (χ2v) is 8.67. The minimum atomic E-state index is 0.0680. The number of benzene rings is 2. The summed E-state index contributed by atoms with van der Waals surface area (Å²) in [4.78, 5) is 24.2. The van der Waals surface area contributed by atoms with Gasteiger partial charge in [0.15, 0.2) is 0 Å². The van der Waals surface area contributed by atoms with E-state index in [2.05, 4.69) is 32.7 Å². The van der Waals surface area contributed by atoms with Crippen LogP contribution in [0.5, 0.6) is 0 Å². The molecule has 2 aromatic heterocycles. The van der Waals surface area contributed by atoms with Gasteiger partial charge in [0.05, 0.1) is 13.2 Å². The molecule has 1 atom stereocenters. The number of pyridine rings is 1.